The average Bonchev–Trinajstić information content (AvgIpc) is 3.44. The van der Waals surface area contributed by atoms with E-state index in [1.54, 1.807) is 0 Å². The van der Waals surface area contributed by atoms with Gasteiger partial charge in [0.15, 0.2) is 12.2 Å². The third-order valence-electron chi connectivity index (χ3n) is 17.6. The standard InChI is InChI=1S/C73H142O17P2/c1-8-11-12-13-14-15-16-19-23-26-32-40-47-54-70(75)83-60-68(89-72(77)56-49-42-33-27-24-21-18-17-20-22-25-30-38-45-52-65(6)9-2)62-87-91(79,80)85-58-67(74)59-86-92(81,82)88-63-69(61-84-71(76)55-48-41-36-35-37-44-51-64(4)5)90-73(78)57-50-43-34-29-28-31-39-46-53-66(7)10-3/h64-69,74H,8-63H2,1-7H3,(H,79,80)(H,81,82)/t65?,66?,67-,68-,69-/m1/s1. The molecule has 92 heavy (non-hydrogen) atoms. The summed E-state index contributed by atoms with van der Waals surface area (Å²) in [5.41, 5.74) is 0. The van der Waals surface area contributed by atoms with Crippen molar-refractivity contribution in [2.24, 2.45) is 17.8 Å². The van der Waals surface area contributed by atoms with Crippen LogP contribution in [0.1, 0.15) is 370 Å². The summed E-state index contributed by atoms with van der Waals surface area (Å²) in [4.78, 5) is 72.6. The maximum absolute atomic E-state index is 13.1. The molecule has 4 unspecified atom stereocenters. The molecule has 0 aromatic rings. The minimum absolute atomic E-state index is 0.104. The normalized spacial score (nSPS) is 14.7. The van der Waals surface area contributed by atoms with Crippen molar-refractivity contribution in [1.29, 1.82) is 0 Å². The van der Waals surface area contributed by atoms with E-state index in [0.29, 0.717) is 31.6 Å². The first-order chi connectivity index (χ1) is 44.3. The Morgan fingerprint density at radius 3 is 0.826 bits per heavy atom. The molecule has 0 aliphatic carbocycles. The molecule has 0 rings (SSSR count). The summed E-state index contributed by atoms with van der Waals surface area (Å²) in [6.07, 6.45) is 48.6. The molecule has 0 amide bonds. The molecule has 0 saturated heterocycles. The highest BCUT2D eigenvalue weighted by atomic mass is 31.2. The van der Waals surface area contributed by atoms with E-state index in [4.69, 9.17) is 37.0 Å². The molecule has 0 aromatic carbocycles. The van der Waals surface area contributed by atoms with Gasteiger partial charge in [0, 0.05) is 25.7 Å². The monoisotopic (exact) mass is 1350 g/mol. The number of hydrogen-bond acceptors (Lipinski definition) is 15. The van der Waals surface area contributed by atoms with E-state index in [1.165, 1.54) is 173 Å². The van der Waals surface area contributed by atoms with E-state index in [9.17, 15) is 43.2 Å². The number of rotatable bonds is 71. The van der Waals surface area contributed by atoms with Crippen LogP contribution in [-0.2, 0) is 65.4 Å². The van der Waals surface area contributed by atoms with Gasteiger partial charge in [0.1, 0.15) is 19.3 Å². The topological polar surface area (TPSA) is 237 Å². The zero-order valence-corrected chi connectivity index (χ0v) is 61.8. The van der Waals surface area contributed by atoms with Gasteiger partial charge in [-0.2, -0.15) is 0 Å². The van der Waals surface area contributed by atoms with Gasteiger partial charge in [-0.05, 0) is 43.4 Å². The highest BCUT2D eigenvalue weighted by molar-refractivity contribution is 7.47. The minimum atomic E-state index is -4.95. The van der Waals surface area contributed by atoms with Gasteiger partial charge >= 0.3 is 39.5 Å². The fourth-order valence-electron chi connectivity index (χ4n) is 11.0. The van der Waals surface area contributed by atoms with Gasteiger partial charge in [-0.3, -0.25) is 37.3 Å². The first kappa shape index (κ1) is 90.1. The third-order valence-corrected chi connectivity index (χ3v) is 19.5. The molecule has 0 saturated carbocycles. The first-order valence-electron chi connectivity index (χ1n) is 37.9. The molecule has 0 bridgehead atoms. The Bertz CT molecular complexity index is 1810. The molecule has 0 heterocycles. The molecule has 0 aromatic heterocycles. The van der Waals surface area contributed by atoms with Gasteiger partial charge in [0.05, 0.1) is 26.4 Å². The van der Waals surface area contributed by atoms with E-state index in [2.05, 4.69) is 48.5 Å². The number of aliphatic hydroxyl groups excluding tert-OH is 1. The number of esters is 4. The fraction of sp³-hybridized carbons (Fsp3) is 0.945. The van der Waals surface area contributed by atoms with Crippen molar-refractivity contribution in [3.8, 4) is 0 Å². The maximum atomic E-state index is 13.1. The van der Waals surface area contributed by atoms with E-state index in [-0.39, 0.29) is 25.7 Å². The predicted molar refractivity (Wildman–Crippen MR) is 372 cm³/mol. The van der Waals surface area contributed by atoms with Crippen molar-refractivity contribution < 1.29 is 80.2 Å². The van der Waals surface area contributed by atoms with Crippen molar-refractivity contribution in [2.45, 2.75) is 388 Å². The van der Waals surface area contributed by atoms with Crippen LogP contribution in [0.25, 0.3) is 0 Å². The molecule has 3 N–H and O–H groups in total. The Morgan fingerprint density at radius 2 is 0.554 bits per heavy atom. The highest BCUT2D eigenvalue weighted by Crippen LogP contribution is 2.45. The number of hydrogen-bond donors (Lipinski definition) is 3. The predicted octanol–water partition coefficient (Wildman–Crippen LogP) is 21.0. The van der Waals surface area contributed by atoms with Crippen molar-refractivity contribution in [2.75, 3.05) is 39.6 Å². The number of aliphatic hydroxyl groups is 1. The van der Waals surface area contributed by atoms with Crippen LogP contribution in [0.15, 0.2) is 0 Å². The van der Waals surface area contributed by atoms with Gasteiger partial charge in [-0.1, -0.05) is 318 Å². The quantitative estimate of drug-likeness (QED) is 0.0222. The van der Waals surface area contributed by atoms with Crippen LogP contribution < -0.4 is 0 Å². The number of carbonyl (C=O) groups is 4. The Hall–Kier alpha value is -1.94. The SMILES string of the molecule is CCCCCCCCCCCCCCCC(=O)OC[C@H](COP(=O)(O)OC[C@@H](O)COP(=O)(O)OC[C@@H](COC(=O)CCCCCCCCC(C)C)OC(=O)CCCCCCCCCCC(C)CC)OC(=O)CCCCCCCCCCCCCCCCC(C)CC. The molecular formula is C73H142O17P2. The largest absolute Gasteiger partial charge is 0.472 e. The number of ether oxygens (including phenoxy) is 4. The first-order valence-corrected chi connectivity index (χ1v) is 40.9. The van der Waals surface area contributed by atoms with Crippen LogP contribution in [-0.4, -0.2) is 96.7 Å². The molecule has 546 valence electrons. The number of unbranched alkanes of at least 4 members (excludes halogenated alkanes) is 37. The van der Waals surface area contributed by atoms with Crippen LogP contribution in [0.5, 0.6) is 0 Å². The molecule has 17 nitrogen and oxygen atoms in total. The number of carbonyl (C=O) groups excluding carboxylic acids is 4. The number of phosphoric ester groups is 2. The van der Waals surface area contributed by atoms with Crippen LogP contribution in [0, 0.1) is 17.8 Å². The summed E-state index contributed by atoms with van der Waals surface area (Å²) in [5, 5.41) is 10.6. The van der Waals surface area contributed by atoms with Crippen LogP contribution in [0.4, 0.5) is 0 Å². The van der Waals surface area contributed by atoms with Crippen molar-refractivity contribution >= 4 is 39.5 Å². The molecule has 7 atom stereocenters. The van der Waals surface area contributed by atoms with Crippen LogP contribution in [0.3, 0.4) is 0 Å². The molecule has 0 fully saturated rings. The van der Waals surface area contributed by atoms with E-state index in [1.807, 2.05) is 0 Å². The molecule has 0 radical (unpaired) electrons. The van der Waals surface area contributed by atoms with Gasteiger partial charge in [0.2, 0.25) is 0 Å². The Labute approximate surface area is 562 Å². The summed E-state index contributed by atoms with van der Waals surface area (Å²) < 4.78 is 68.4. The summed E-state index contributed by atoms with van der Waals surface area (Å²) in [5.74, 6) is 0.171. The highest BCUT2D eigenvalue weighted by Gasteiger charge is 2.30. The fourth-order valence-corrected chi connectivity index (χ4v) is 12.6. The average molecular weight is 1350 g/mol. The number of phosphoric acid groups is 2. The van der Waals surface area contributed by atoms with Crippen LogP contribution in [0.2, 0.25) is 0 Å². The second kappa shape index (κ2) is 63.8. The van der Waals surface area contributed by atoms with Gasteiger partial charge in [0.25, 0.3) is 0 Å². The Kier molecular flexibility index (Phi) is 62.4. The molecule has 19 heteroatoms. The van der Waals surface area contributed by atoms with Gasteiger partial charge < -0.3 is 33.8 Å². The van der Waals surface area contributed by atoms with Gasteiger partial charge in [-0.15, -0.1) is 0 Å². The lowest BCUT2D eigenvalue weighted by Gasteiger charge is -2.21. The van der Waals surface area contributed by atoms with Gasteiger partial charge in [-0.25, -0.2) is 9.13 Å². The van der Waals surface area contributed by atoms with Crippen LogP contribution >= 0.6 is 15.6 Å². The summed E-state index contributed by atoms with van der Waals surface area (Å²) in [6.45, 7) is 11.8. The van der Waals surface area contributed by atoms with E-state index < -0.39 is 97.5 Å². The van der Waals surface area contributed by atoms with Crippen molar-refractivity contribution in [3.63, 3.8) is 0 Å². The zero-order valence-electron chi connectivity index (χ0n) is 60.0. The lowest BCUT2D eigenvalue weighted by molar-refractivity contribution is -0.161. The lowest BCUT2D eigenvalue weighted by atomic mass is 9.99. The second-order valence-electron chi connectivity index (χ2n) is 27.3. The molecular weight excluding hydrogens is 1210 g/mol. The molecule has 0 spiro atoms. The Morgan fingerprint density at radius 1 is 0.315 bits per heavy atom. The lowest BCUT2D eigenvalue weighted by Crippen LogP contribution is -2.30. The summed E-state index contributed by atoms with van der Waals surface area (Å²) >= 11 is 0. The summed E-state index contributed by atoms with van der Waals surface area (Å²) in [6, 6.07) is 0. The zero-order chi connectivity index (χ0) is 68.0. The smallest absolute Gasteiger partial charge is 0.462 e. The Balaban J connectivity index is 5.24. The van der Waals surface area contributed by atoms with Crippen molar-refractivity contribution in [3.05, 3.63) is 0 Å². The molecule has 0 aliphatic rings. The van der Waals surface area contributed by atoms with E-state index in [0.717, 1.165) is 108 Å². The summed E-state index contributed by atoms with van der Waals surface area (Å²) in [7, 11) is -9.91. The van der Waals surface area contributed by atoms with E-state index >= 15 is 0 Å². The third kappa shape index (κ3) is 64.1. The second-order valence-corrected chi connectivity index (χ2v) is 30.2. The molecule has 0 aliphatic heterocycles. The maximum Gasteiger partial charge on any atom is 0.472 e. The van der Waals surface area contributed by atoms with Crippen molar-refractivity contribution in [1.82, 2.24) is 0 Å². The minimum Gasteiger partial charge on any atom is -0.462 e.